The number of hydrogen-bond acceptors (Lipinski definition) is 5. The number of ether oxygens (including phenoxy) is 1. The molecule has 0 aromatic carbocycles. The number of aryl methyl sites for hydroxylation is 1. The summed E-state index contributed by atoms with van der Waals surface area (Å²) in [6.45, 7) is 6.02. The first-order chi connectivity index (χ1) is 7.11. The zero-order valence-electron chi connectivity index (χ0n) is 9.11. The van der Waals surface area contributed by atoms with E-state index in [1.165, 1.54) is 11.8 Å². The molecule has 0 bridgehead atoms. The monoisotopic (exact) mass is 229 g/mol. The lowest BCUT2D eigenvalue weighted by Crippen LogP contribution is -2.10. The third-order valence-electron chi connectivity index (χ3n) is 1.64. The minimum atomic E-state index is -0.176. The molecule has 1 aromatic heterocycles. The Balaban J connectivity index is 2.35. The van der Waals surface area contributed by atoms with Crippen LogP contribution < -0.4 is 0 Å². The lowest BCUT2D eigenvalue weighted by Gasteiger charge is -2.07. The van der Waals surface area contributed by atoms with Crippen LogP contribution in [-0.4, -0.2) is 33.0 Å². The van der Waals surface area contributed by atoms with Gasteiger partial charge in [-0.15, -0.1) is 5.10 Å². The van der Waals surface area contributed by atoms with E-state index in [1.54, 1.807) is 6.92 Å². The molecule has 0 aliphatic rings. The molecule has 0 saturated carbocycles. The van der Waals surface area contributed by atoms with Crippen LogP contribution in [0.3, 0.4) is 0 Å². The van der Waals surface area contributed by atoms with Gasteiger partial charge in [0.05, 0.1) is 13.0 Å². The predicted octanol–water partition coefficient (Wildman–Crippen LogP) is 1.55. The van der Waals surface area contributed by atoms with Crippen molar-refractivity contribution in [1.82, 2.24) is 15.2 Å². The molecule has 0 spiro atoms. The normalized spacial score (nSPS) is 12.5. The van der Waals surface area contributed by atoms with Gasteiger partial charge in [-0.25, -0.2) is 4.98 Å². The second-order valence-electron chi connectivity index (χ2n) is 3.14. The zero-order chi connectivity index (χ0) is 11.3. The van der Waals surface area contributed by atoms with Crippen molar-refractivity contribution in [3.63, 3.8) is 0 Å². The van der Waals surface area contributed by atoms with E-state index in [-0.39, 0.29) is 11.2 Å². The first-order valence-corrected chi connectivity index (χ1v) is 5.71. The fourth-order valence-electron chi connectivity index (χ4n) is 1.05. The summed E-state index contributed by atoms with van der Waals surface area (Å²) in [6.07, 6.45) is 0.381. The second-order valence-corrected chi connectivity index (χ2v) is 4.55. The number of H-pyrrole nitrogens is 1. The van der Waals surface area contributed by atoms with Gasteiger partial charge in [-0.1, -0.05) is 18.7 Å². The van der Waals surface area contributed by atoms with E-state index in [9.17, 15) is 4.79 Å². The highest BCUT2D eigenvalue weighted by atomic mass is 32.2. The van der Waals surface area contributed by atoms with E-state index in [1.807, 2.05) is 13.8 Å². The zero-order valence-corrected chi connectivity index (χ0v) is 9.93. The molecule has 1 N–H and O–H groups in total. The molecule has 6 heteroatoms. The maximum atomic E-state index is 11.2. The van der Waals surface area contributed by atoms with Gasteiger partial charge in [0.15, 0.2) is 0 Å². The van der Waals surface area contributed by atoms with Crippen molar-refractivity contribution in [2.24, 2.45) is 0 Å². The molecule has 1 heterocycles. The minimum absolute atomic E-state index is 0.124. The smallest absolute Gasteiger partial charge is 0.306 e. The fraction of sp³-hybridized carbons (Fsp3) is 0.667. The first kappa shape index (κ1) is 12.0. The van der Waals surface area contributed by atoms with Crippen molar-refractivity contribution >= 4 is 17.7 Å². The number of nitrogens with zero attached hydrogens (tertiary/aromatic N) is 2. The van der Waals surface area contributed by atoms with Crippen LogP contribution in [0.2, 0.25) is 0 Å². The molecule has 15 heavy (non-hydrogen) atoms. The fourth-order valence-corrected chi connectivity index (χ4v) is 1.92. The Bertz CT molecular complexity index is 327. The van der Waals surface area contributed by atoms with Crippen LogP contribution in [0.1, 0.15) is 26.1 Å². The molecule has 1 unspecified atom stereocenters. The molecular formula is C9H15N3O2S. The summed E-state index contributed by atoms with van der Waals surface area (Å²) in [7, 11) is 0. The molecule has 1 aromatic rings. The Morgan fingerprint density at radius 1 is 1.67 bits per heavy atom. The number of nitrogens with one attached hydrogen (secondary N) is 1. The topological polar surface area (TPSA) is 67.9 Å². The molecule has 0 aliphatic carbocycles. The summed E-state index contributed by atoms with van der Waals surface area (Å²) in [5.41, 5.74) is 0. The molecular weight excluding hydrogens is 214 g/mol. The average molecular weight is 229 g/mol. The van der Waals surface area contributed by atoms with Crippen molar-refractivity contribution in [3.05, 3.63) is 5.82 Å². The van der Waals surface area contributed by atoms with Gasteiger partial charge in [-0.3, -0.25) is 9.89 Å². The van der Waals surface area contributed by atoms with E-state index in [2.05, 4.69) is 15.2 Å². The number of rotatable bonds is 5. The number of thioether (sulfide) groups is 1. The summed E-state index contributed by atoms with van der Waals surface area (Å²) in [5.74, 6) is 0.602. The summed E-state index contributed by atoms with van der Waals surface area (Å²) in [4.78, 5) is 15.3. The quantitative estimate of drug-likeness (QED) is 0.613. The SMILES string of the molecule is CCOC(=O)CC(C)Sc1n[nH]c(C)n1. The van der Waals surface area contributed by atoms with Crippen LogP contribution in [0.25, 0.3) is 0 Å². The van der Waals surface area contributed by atoms with Crippen LogP contribution in [0.15, 0.2) is 5.16 Å². The molecule has 0 aliphatic heterocycles. The second kappa shape index (κ2) is 5.75. The molecule has 84 valence electrons. The minimum Gasteiger partial charge on any atom is -0.466 e. The maximum Gasteiger partial charge on any atom is 0.306 e. The van der Waals surface area contributed by atoms with Crippen molar-refractivity contribution < 1.29 is 9.53 Å². The van der Waals surface area contributed by atoms with Gasteiger partial charge in [0.2, 0.25) is 5.16 Å². The molecule has 0 saturated heterocycles. The van der Waals surface area contributed by atoms with Crippen LogP contribution >= 0.6 is 11.8 Å². The number of hydrogen-bond donors (Lipinski definition) is 1. The molecule has 5 nitrogen and oxygen atoms in total. The predicted molar refractivity (Wildman–Crippen MR) is 57.7 cm³/mol. The highest BCUT2D eigenvalue weighted by Crippen LogP contribution is 2.21. The van der Waals surface area contributed by atoms with Gasteiger partial charge >= 0.3 is 5.97 Å². The Kier molecular flexibility index (Phi) is 4.61. The third-order valence-corrected chi connectivity index (χ3v) is 2.61. The van der Waals surface area contributed by atoms with Crippen LogP contribution in [-0.2, 0) is 9.53 Å². The van der Waals surface area contributed by atoms with E-state index in [0.29, 0.717) is 18.2 Å². The van der Waals surface area contributed by atoms with Crippen LogP contribution in [0.4, 0.5) is 0 Å². The maximum absolute atomic E-state index is 11.2. The lowest BCUT2D eigenvalue weighted by molar-refractivity contribution is -0.142. The van der Waals surface area contributed by atoms with Gasteiger partial charge in [-0.05, 0) is 13.8 Å². The standard InChI is InChI=1S/C9H15N3O2S/c1-4-14-8(13)5-6(2)15-9-10-7(3)11-12-9/h6H,4-5H2,1-3H3,(H,10,11,12). The molecule has 0 fully saturated rings. The number of carbonyl (C=O) groups is 1. The number of esters is 1. The van der Waals surface area contributed by atoms with Gasteiger partial charge < -0.3 is 4.74 Å². The van der Waals surface area contributed by atoms with Gasteiger partial charge in [0.25, 0.3) is 0 Å². The van der Waals surface area contributed by atoms with E-state index < -0.39 is 0 Å². The van der Waals surface area contributed by atoms with Gasteiger partial charge in [0.1, 0.15) is 5.82 Å². The third kappa shape index (κ3) is 4.33. The molecule has 0 amide bonds. The van der Waals surface area contributed by atoms with E-state index >= 15 is 0 Å². The van der Waals surface area contributed by atoms with Crippen molar-refractivity contribution in [1.29, 1.82) is 0 Å². The number of aromatic nitrogens is 3. The van der Waals surface area contributed by atoms with Crippen molar-refractivity contribution in [3.8, 4) is 0 Å². The molecule has 1 atom stereocenters. The van der Waals surface area contributed by atoms with E-state index in [4.69, 9.17) is 4.74 Å². The number of carbonyl (C=O) groups excluding carboxylic acids is 1. The highest BCUT2D eigenvalue weighted by molar-refractivity contribution is 7.99. The molecule has 1 rings (SSSR count). The average Bonchev–Trinajstić information content (AvgIpc) is 2.51. The van der Waals surface area contributed by atoms with E-state index in [0.717, 1.165) is 5.82 Å². The summed E-state index contributed by atoms with van der Waals surface area (Å²) in [6, 6.07) is 0. The largest absolute Gasteiger partial charge is 0.466 e. The Morgan fingerprint density at radius 2 is 2.40 bits per heavy atom. The Labute approximate surface area is 93.0 Å². The van der Waals surface area contributed by atoms with Crippen molar-refractivity contribution in [2.75, 3.05) is 6.61 Å². The molecule has 0 radical (unpaired) electrons. The Hall–Kier alpha value is -1.04. The lowest BCUT2D eigenvalue weighted by atomic mass is 10.3. The van der Waals surface area contributed by atoms with Crippen LogP contribution in [0.5, 0.6) is 0 Å². The summed E-state index contributed by atoms with van der Waals surface area (Å²) >= 11 is 1.46. The van der Waals surface area contributed by atoms with Crippen LogP contribution in [0, 0.1) is 6.92 Å². The first-order valence-electron chi connectivity index (χ1n) is 4.83. The van der Waals surface area contributed by atoms with Gasteiger partial charge in [0, 0.05) is 5.25 Å². The van der Waals surface area contributed by atoms with Crippen molar-refractivity contribution in [2.45, 2.75) is 37.6 Å². The number of aromatic amines is 1. The highest BCUT2D eigenvalue weighted by Gasteiger charge is 2.13. The Morgan fingerprint density at radius 3 is 2.93 bits per heavy atom. The summed E-state index contributed by atoms with van der Waals surface area (Å²) in [5, 5.41) is 7.53. The summed E-state index contributed by atoms with van der Waals surface area (Å²) < 4.78 is 4.85. The van der Waals surface area contributed by atoms with Gasteiger partial charge in [-0.2, -0.15) is 0 Å².